The molecule has 1 heterocycles. The molecule has 1 rings (SSSR count). The second-order valence-electron chi connectivity index (χ2n) is 2.33. The van der Waals surface area contributed by atoms with Crippen LogP contribution in [0.2, 0.25) is 0 Å². The molecule has 0 fully saturated rings. The van der Waals surface area contributed by atoms with E-state index in [-0.39, 0.29) is 11.4 Å². The maximum Gasteiger partial charge on any atom is 0.345 e. The highest BCUT2D eigenvalue weighted by atomic mass is 16.5. The number of ether oxygens (including phenoxy) is 1. The normalized spacial score (nSPS) is 9.69. The van der Waals surface area contributed by atoms with Crippen LogP contribution in [-0.2, 0) is 4.74 Å². The van der Waals surface area contributed by atoms with Crippen molar-refractivity contribution in [3.8, 4) is 0 Å². The van der Waals surface area contributed by atoms with Gasteiger partial charge in [0.15, 0.2) is 5.82 Å². The predicted molar refractivity (Wildman–Crippen MR) is 48.5 cm³/mol. The van der Waals surface area contributed by atoms with Crippen molar-refractivity contribution in [2.45, 2.75) is 6.92 Å². The van der Waals surface area contributed by atoms with E-state index in [0.717, 1.165) is 0 Å². The predicted octanol–water partition coefficient (Wildman–Crippen LogP) is 0.210. The Balaban J connectivity index is 2.96. The van der Waals surface area contributed by atoms with Gasteiger partial charge < -0.3 is 15.8 Å². The summed E-state index contributed by atoms with van der Waals surface area (Å²) in [6, 6.07) is 0. The van der Waals surface area contributed by atoms with Crippen LogP contribution in [0.5, 0.6) is 0 Å². The first-order valence-electron chi connectivity index (χ1n) is 3.89. The van der Waals surface area contributed by atoms with Crippen molar-refractivity contribution in [1.29, 1.82) is 0 Å². The molecule has 0 bridgehead atoms. The zero-order chi connectivity index (χ0) is 9.84. The number of aromatic nitrogens is 2. The zero-order valence-corrected chi connectivity index (χ0v) is 7.55. The summed E-state index contributed by atoms with van der Waals surface area (Å²) in [4.78, 5) is 11.3. The van der Waals surface area contributed by atoms with Crippen molar-refractivity contribution < 1.29 is 9.53 Å². The van der Waals surface area contributed by atoms with Crippen LogP contribution in [0, 0.1) is 0 Å². The lowest BCUT2D eigenvalue weighted by molar-refractivity contribution is 0.0529. The Morgan fingerprint density at radius 2 is 2.46 bits per heavy atom. The van der Waals surface area contributed by atoms with Gasteiger partial charge in [-0.15, -0.1) is 0 Å². The molecule has 1 aromatic heterocycles. The number of nitrogens with one attached hydrogen (secondary N) is 2. The largest absolute Gasteiger partial charge is 0.462 e. The van der Waals surface area contributed by atoms with Crippen LogP contribution in [0.15, 0.2) is 0 Å². The SMILES string of the molecule is CCOC(=O)c1c(N)n[nH]c1NC. The Bertz CT molecular complexity index is 307. The van der Waals surface area contributed by atoms with Crippen LogP contribution in [-0.4, -0.2) is 29.8 Å². The highest BCUT2D eigenvalue weighted by molar-refractivity contribution is 5.99. The van der Waals surface area contributed by atoms with E-state index in [1.807, 2.05) is 0 Å². The third-order valence-electron chi connectivity index (χ3n) is 1.52. The highest BCUT2D eigenvalue weighted by Crippen LogP contribution is 2.18. The summed E-state index contributed by atoms with van der Waals surface area (Å²) in [6.07, 6.45) is 0. The second-order valence-corrected chi connectivity index (χ2v) is 2.33. The van der Waals surface area contributed by atoms with E-state index in [0.29, 0.717) is 12.4 Å². The average Bonchev–Trinajstić information content (AvgIpc) is 2.47. The summed E-state index contributed by atoms with van der Waals surface area (Å²) in [5.41, 5.74) is 5.72. The second kappa shape index (κ2) is 3.79. The van der Waals surface area contributed by atoms with Gasteiger partial charge in [0, 0.05) is 7.05 Å². The minimum Gasteiger partial charge on any atom is -0.462 e. The van der Waals surface area contributed by atoms with Crippen LogP contribution in [0.25, 0.3) is 0 Å². The van der Waals surface area contributed by atoms with Gasteiger partial charge in [0.25, 0.3) is 0 Å². The molecular weight excluding hydrogens is 172 g/mol. The first-order valence-corrected chi connectivity index (χ1v) is 3.89. The monoisotopic (exact) mass is 184 g/mol. The molecule has 0 aliphatic rings. The molecule has 6 heteroatoms. The Morgan fingerprint density at radius 3 is 3.00 bits per heavy atom. The number of H-pyrrole nitrogens is 1. The van der Waals surface area contributed by atoms with Crippen molar-refractivity contribution in [2.75, 3.05) is 24.7 Å². The molecule has 6 nitrogen and oxygen atoms in total. The Hall–Kier alpha value is -1.72. The van der Waals surface area contributed by atoms with Crippen molar-refractivity contribution >= 4 is 17.6 Å². The lowest BCUT2D eigenvalue weighted by Gasteiger charge is -2.02. The maximum absolute atomic E-state index is 11.3. The van der Waals surface area contributed by atoms with Gasteiger partial charge >= 0.3 is 5.97 Å². The lowest BCUT2D eigenvalue weighted by atomic mass is 10.3. The van der Waals surface area contributed by atoms with Gasteiger partial charge in [0.1, 0.15) is 11.4 Å². The Kier molecular flexibility index (Phi) is 2.73. The minimum atomic E-state index is -0.474. The molecule has 0 spiro atoms. The van der Waals surface area contributed by atoms with Crippen LogP contribution < -0.4 is 11.1 Å². The molecule has 0 aliphatic heterocycles. The van der Waals surface area contributed by atoms with E-state index in [9.17, 15) is 4.79 Å². The number of hydrogen-bond donors (Lipinski definition) is 3. The Labute approximate surface area is 75.5 Å². The molecule has 0 saturated carbocycles. The number of anilines is 2. The molecule has 0 atom stereocenters. The molecule has 0 saturated heterocycles. The fourth-order valence-electron chi connectivity index (χ4n) is 0.947. The van der Waals surface area contributed by atoms with E-state index in [1.165, 1.54) is 0 Å². The number of aromatic amines is 1. The summed E-state index contributed by atoms with van der Waals surface area (Å²) in [5.74, 6) is 0.136. The zero-order valence-electron chi connectivity index (χ0n) is 7.55. The van der Waals surface area contributed by atoms with Gasteiger partial charge in [0.2, 0.25) is 0 Å². The topological polar surface area (TPSA) is 93.0 Å². The average molecular weight is 184 g/mol. The van der Waals surface area contributed by atoms with Gasteiger partial charge in [-0.1, -0.05) is 0 Å². The standard InChI is InChI=1S/C7H12N4O2/c1-3-13-7(12)4-5(8)10-11-6(4)9-2/h3H2,1-2H3,(H4,8,9,10,11). The lowest BCUT2D eigenvalue weighted by Crippen LogP contribution is -2.08. The molecular formula is C7H12N4O2. The number of esters is 1. The number of carbonyl (C=O) groups excluding carboxylic acids is 1. The van der Waals surface area contributed by atoms with Crippen LogP contribution in [0.1, 0.15) is 17.3 Å². The maximum atomic E-state index is 11.3. The molecule has 0 amide bonds. The Morgan fingerprint density at radius 1 is 1.77 bits per heavy atom. The van der Waals surface area contributed by atoms with E-state index in [2.05, 4.69) is 15.5 Å². The van der Waals surface area contributed by atoms with E-state index < -0.39 is 5.97 Å². The third-order valence-corrected chi connectivity index (χ3v) is 1.52. The summed E-state index contributed by atoms with van der Waals surface area (Å²) in [7, 11) is 1.66. The van der Waals surface area contributed by atoms with Gasteiger partial charge in [-0.25, -0.2) is 4.79 Å². The minimum absolute atomic E-state index is 0.141. The van der Waals surface area contributed by atoms with Gasteiger partial charge in [-0.2, -0.15) is 5.10 Å². The number of carbonyl (C=O) groups is 1. The van der Waals surface area contributed by atoms with Crippen LogP contribution in [0.4, 0.5) is 11.6 Å². The smallest absolute Gasteiger partial charge is 0.345 e. The molecule has 4 N–H and O–H groups in total. The third kappa shape index (κ3) is 1.71. The van der Waals surface area contributed by atoms with E-state index in [4.69, 9.17) is 10.5 Å². The summed E-state index contributed by atoms with van der Waals surface area (Å²) in [5, 5.41) is 9.01. The van der Waals surface area contributed by atoms with Gasteiger partial charge in [-0.05, 0) is 6.92 Å². The molecule has 0 aromatic carbocycles. The van der Waals surface area contributed by atoms with Crippen molar-refractivity contribution in [1.82, 2.24) is 10.2 Å². The molecule has 72 valence electrons. The molecule has 13 heavy (non-hydrogen) atoms. The molecule has 0 radical (unpaired) electrons. The highest BCUT2D eigenvalue weighted by Gasteiger charge is 2.18. The van der Waals surface area contributed by atoms with E-state index in [1.54, 1.807) is 14.0 Å². The number of hydrogen-bond acceptors (Lipinski definition) is 5. The van der Waals surface area contributed by atoms with E-state index >= 15 is 0 Å². The van der Waals surface area contributed by atoms with Crippen molar-refractivity contribution in [2.24, 2.45) is 0 Å². The quantitative estimate of drug-likeness (QED) is 0.584. The summed E-state index contributed by atoms with van der Waals surface area (Å²) >= 11 is 0. The molecule has 1 aromatic rings. The number of nitrogens with zero attached hydrogens (tertiary/aromatic N) is 1. The summed E-state index contributed by atoms with van der Waals surface area (Å²) in [6.45, 7) is 2.04. The van der Waals surface area contributed by atoms with Crippen molar-refractivity contribution in [3.63, 3.8) is 0 Å². The summed E-state index contributed by atoms with van der Waals surface area (Å²) < 4.78 is 4.79. The first kappa shape index (κ1) is 9.37. The number of nitrogens with two attached hydrogens (primary N) is 1. The van der Waals surface area contributed by atoms with Crippen LogP contribution >= 0.6 is 0 Å². The fraction of sp³-hybridized carbons (Fsp3) is 0.429. The van der Waals surface area contributed by atoms with Crippen LogP contribution in [0.3, 0.4) is 0 Å². The van der Waals surface area contributed by atoms with Gasteiger partial charge in [-0.3, -0.25) is 5.10 Å². The first-order chi connectivity index (χ1) is 6.20. The molecule has 0 aliphatic carbocycles. The van der Waals surface area contributed by atoms with Gasteiger partial charge in [0.05, 0.1) is 6.61 Å². The number of nitrogen functional groups attached to an aromatic ring is 1. The van der Waals surface area contributed by atoms with Crippen molar-refractivity contribution in [3.05, 3.63) is 5.56 Å². The fourth-order valence-corrected chi connectivity index (χ4v) is 0.947. The number of rotatable bonds is 3. The molecule has 0 unspecified atom stereocenters.